The Kier molecular flexibility index (Phi) is 8.74. The third kappa shape index (κ3) is 6.43. The normalized spacial score (nSPS) is 15.2. The summed E-state index contributed by atoms with van der Waals surface area (Å²) in [5.41, 5.74) is 6.15. The van der Waals surface area contributed by atoms with Gasteiger partial charge < -0.3 is 20.7 Å². The van der Waals surface area contributed by atoms with Crippen LogP contribution in [0, 0.1) is 16.7 Å². The molecule has 0 aliphatic carbocycles. The molecule has 1 unspecified atom stereocenters. The molecule has 0 radical (unpaired) electrons. The summed E-state index contributed by atoms with van der Waals surface area (Å²) in [6, 6.07) is 12.9. The van der Waals surface area contributed by atoms with Gasteiger partial charge in [-0.2, -0.15) is 0 Å². The molecule has 0 spiro atoms. The number of amidine groups is 1. The summed E-state index contributed by atoms with van der Waals surface area (Å²) >= 11 is 6.26. The lowest BCUT2D eigenvalue weighted by molar-refractivity contribution is -0.144. The molecule has 2 amide bonds. The number of ether oxygens (including phenoxy) is 1. The average Bonchev–Trinajstić information content (AvgIpc) is 2.87. The zero-order chi connectivity index (χ0) is 26.5. The Labute approximate surface area is 216 Å². The highest BCUT2D eigenvalue weighted by molar-refractivity contribution is 6.30. The largest absolute Gasteiger partial charge is 0.469 e. The lowest BCUT2D eigenvalue weighted by Gasteiger charge is -2.40. The molecule has 1 atom stereocenters. The molecule has 1 fully saturated rings. The van der Waals surface area contributed by atoms with Crippen LogP contribution >= 0.6 is 11.6 Å². The molecule has 1 saturated heterocycles. The molecule has 3 rings (SSSR count). The van der Waals surface area contributed by atoms with Gasteiger partial charge in [0.2, 0.25) is 5.91 Å². The molecule has 4 N–H and O–H groups in total. The Morgan fingerprint density at radius 3 is 2.31 bits per heavy atom. The van der Waals surface area contributed by atoms with Gasteiger partial charge >= 0.3 is 5.97 Å². The minimum atomic E-state index is -0.991. The van der Waals surface area contributed by atoms with Crippen molar-refractivity contribution in [2.24, 2.45) is 17.1 Å². The molecular weight excluding hydrogens is 480 g/mol. The molecule has 9 heteroatoms. The number of hydrogen-bond donors (Lipinski definition) is 3. The zero-order valence-electron chi connectivity index (χ0n) is 20.8. The van der Waals surface area contributed by atoms with Gasteiger partial charge in [-0.1, -0.05) is 35.9 Å². The minimum absolute atomic E-state index is 0.0825. The van der Waals surface area contributed by atoms with Gasteiger partial charge in [0.15, 0.2) is 0 Å². The summed E-state index contributed by atoms with van der Waals surface area (Å²) in [5.74, 6) is -0.573. The molecule has 0 saturated carbocycles. The smallest absolute Gasteiger partial charge is 0.305 e. The molecule has 2 aromatic rings. The first-order valence-corrected chi connectivity index (χ1v) is 12.3. The Hall–Kier alpha value is -3.39. The highest BCUT2D eigenvalue weighted by atomic mass is 35.5. The molecular formula is C27H33ClN4O4. The summed E-state index contributed by atoms with van der Waals surface area (Å²) in [5, 5.41) is 11.1. The van der Waals surface area contributed by atoms with E-state index < -0.39 is 11.5 Å². The van der Waals surface area contributed by atoms with Crippen LogP contribution in [0.25, 0.3) is 0 Å². The van der Waals surface area contributed by atoms with E-state index in [0.29, 0.717) is 48.5 Å². The number of esters is 1. The van der Waals surface area contributed by atoms with Crippen molar-refractivity contribution in [3.8, 4) is 0 Å². The Bertz CT molecular complexity index is 1120. The van der Waals surface area contributed by atoms with Gasteiger partial charge in [0.25, 0.3) is 5.91 Å². The fraction of sp³-hybridized carbons (Fsp3) is 0.407. The van der Waals surface area contributed by atoms with Crippen LogP contribution in [0.2, 0.25) is 5.02 Å². The summed E-state index contributed by atoms with van der Waals surface area (Å²) in [4.78, 5) is 40.4. The zero-order valence-corrected chi connectivity index (χ0v) is 21.6. The number of hydrogen-bond acceptors (Lipinski definition) is 5. The quantitative estimate of drug-likeness (QED) is 0.281. The van der Waals surface area contributed by atoms with Crippen LogP contribution in [0.15, 0.2) is 48.5 Å². The number of likely N-dealkylation sites (tertiary alicyclic amines) is 1. The maximum Gasteiger partial charge on any atom is 0.305 e. The number of amides is 2. The Balaban J connectivity index is 1.82. The van der Waals surface area contributed by atoms with Crippen LogP contribution < -0.4 is 11.1 Å². The lowest BCUT2D eigenvalue weighted by atomic mass is 9.78. The molecule has 192 valence electrons. The standard InChI is InChI=1S/C27H33ClN4O4/c1-27(2,26(35)32-13-11-17(12-14-32)15-22(33)36-3)23(20-5-4-6-21(28)16-20)31-25(34)19-9-7-18(8-10-19)24(29)30/h4-10,16-17,23H,11-15H2,1-3H3,(H3,29,30)(H,31,34). The van der Waals surface area contributed by atoms with Gasteiger partial charge in [-0.15, -0.1) is 0 Å². The van der Waals surface area contributed by atoms with Crippen LogP contribution in [0.5, 0.6) is 0 Å². The molecule has 8 nitrogen and oxygen atoms in total. The monoisotopic (exact) mass is 512 g/mol. The second-order valence-corrected chi connectivity index (χ2v) is 10.1. The first-order valence-electron chi connectivity index (χ1n) is 11.9. The third-order valence-corrected chi connectivity index (χ3v) is 7.01. The number of benzene rings is 2. The van der Waals surface area contributed by atoms with Crippen LogP contribution in [-0.2, 0) is 14.3 Å². The van der Waals surface area contributed by atoms with E-state index in [9.17, 15) is 14.4 Å². The molecule has 0 bridgehead atoms. The number of carbonyl (C=O) groups is 3. The molecule has 1 aliphatic rings. The number of piperidine rings is 1. The molecule has 36 heavy (non-hydrogen) atoms. The van der Waals surface area contributed by atoms with Crippen molar-refractivity contribution in [2.45, 2.75) is 39.2 Å². The number of nitrogens with two attached hydrogens (primary N) is 1. The molecule has 1 aliphatic heterocycles. The van der Waals surface area contributed by atoms with E-state index in [2.05, 4.69) is 5.32 Å². The van der Waals surface area contributed by atoms with Crippen molar-refractivity contribution in [3.63, 3.8) is 0 Å². The van der Waals surface area contributed by atoms with Crippen molar-refractivity contribution < 1.29 is 19.1 Å². The van der Waals surface area contributed by atoms with Crippen molar-refractivity contribution in [1.29, 1.82) is 5.41 Å². The van der Waals surface area contributed by atoms with E-state index in [1.165, 1.54) is 7.11 Å². The number of rotatable bonds is 8. The van der Waals surface area contributed by atoms with Gasteiger partial charge in [0.1, 0.15) is 5.84 Å². The number of nitrogen functional groups attached to an aromatic ring is 1. The van der Waals surface area contributed by atoms with Crippen LogP contribution in [0.1, 0.15) is 60.6 Å². The maximum absolute atomic E-state index is 13.8. The van der Waals surface area contributed by atoms with Crippen LogP contribution in [-0.4, -0.2) is 48.7 Å². The highest BCUT2D eigenvalue weighted by Gasteiger charge is 2.42. The van der Waals surface area contributed by atoms with E-state index in [-0.39, 0.29) is 29.5 Å². The van der Waals surface area contributed by atoms with Crippen molar-refractivity contribution in [3.05, 3.63) is 70.2 Å². The maximum atomic E-state index is 13.8. The molecule has 0 aromatic heterocycles. The average molecular weight is 513 g/mol. The van der Waals surface area contributed by atoms with E-state index >= 15 is 0 Å². The van der Waals surface area contributed by atoms with Gasteiger partial charge in [-0.3, -0.25) is 19.8 Å². The minimum Gasteiger partial charge on any atom is -0.469 e. The van der Waals surface area contributed by atoms with Gasteiger partial charge in [0.05, 0.1) is 18.6 Å². The topological polar surface area (TPSA) is 126 Å². The third-order valence-electron chi connectivity index (χ3n) is 6.77. The van der Waals surface area contributed by atoms with E-state index in [1.54, 1.807) is 47.4 Å². The second kappa shape index (κ2) is 11.6. The van der Waals surface area contributed by atoms with Crippen LogP contribution in [0.4, 0.5) is 0 Å². The van der Waals surface area contributed by atoms with E-state index in [4.69, 9.17) is 27.5 Å². The first kappa shape index (κ1) is 27.2. The van der Waals surface area contributed by atoms with E-state index in [0.717, 1.165) is 5.56 Å². The van der Waals surface area contributed by atoms with Gasteiger partial charge in [0, 0.05) is 35.7 Å². The fourth-order valence-electron chi connectivity index (χ4n) is 4.57. The number of methoxy groups -OCH3 is 1. The predicted molar refractivity (Wildman–Crippen MR) is 139 cm³/mol. The van der Waals surface area contributed by atoms with Gasteiger partial charge in [-0.05, 0) is 62.4 Å². The van der Waals surface area contributed by atoms with Gasteiger partial charge in [-0.25, -0.2) is 0 Å². The number of carbonyl (C=O) groups excluding carboxylic acids is 3. The summed E-state index contributed by atoms with van der Waals surface area (Å²) in [6.07, 6.45) is 1.78. The van der Waals surface area contributed by atoms with Crippen molar-refractivity contribution in [1.82, 2.24) is 10.2 Å². The van der Waals surface area contributed by atoms with Crippen molar-refractivity contribution in [2.75, 3.05) is 20.2 Å². The van der Waals surface area contributed by atoms with Crippen LogP contribution in [0.3, 0.4) is 0 Å². The SMILES string of the molecule is COC(=O)CC1CCN(C(=O)C(C)(C)C(NC(=O)c2ccc(C(=N)N)cc2)c2cccc(Cl)c2)CC1. The summed E-state index contributed by atoms with van der Waals surface area (Å²) in [7, 11) is 1.38. The fourth-order valence-corrected chi connectivity index (χ4v) is 4.77. The number of halogens is 1. The lowest BCUT2D eigenvalue weighted by Crippen LogP contribution is -2.51. The number of nitrogens with one attached hydrogen (secondary N) is 2. The Morgan fingerprint density at radius 2 is 1.75 bits per heavy atom. The Morgan fingerprint density at radius 1 is 1.14 bits per heavy atom. The summed E-state index contributed by atoms with van der Waals surface area (Å²) < 4.78 is 4.78. The second-order valence-electron chi connectivity index (χ2n) is 9.69. The number of nitrogens with zero attached hydrogens (tertiary/aromatic N) is 1. The van der Waals surface area contributed by atoms with E-state index in [1.807, 2.05) is 19.9 Å². The predicted octanol–water partition coefficient (Wildman–Crippen LogP) is 3.92. The first-order chi connectivity index (χ1) is 17.0. The molecule has 2 aromatic carbocycles. The summed E-state index contributed by atoms with van der Waals surface area (Å²) in [6.45, 7) is 4.71. The molecule has 1 heterocycles. The highest BCUT2D eigenvalue weighted by Crippen LogP contribution is 2.37. The van der Waals surface area contributed by atoms with Crippen molar-refractivity contribution >= 4 is 35.2 Å².